The van der Waals surface area contributed by atoms with Gasteiger partial charge in [-0.25, -0.2) is 0 Å². The molecule has 0 saturated heterocycles. The number of hydrogen-bond donors (Lipinski definition) is 3. The molecule has 1 radical (unpaired) electrons. The smallest absolute Gasteiger partial charge is 0.550 e. The summed E-state index contributed by atoms with van der Waals surface area (Å²) in [4.78, 5) is 30.7. The molecule has 0 aliphatic heterocycles. The third-order valence-electron chi connectivity index (χ3n) is 11.7. The van der Waals surface area contributed by atoms with Crippen molar-refractivity contribution in [2.24, 2.45) is 17.8 Å². The maximum absolute atomic E-state index is 10.2. The van der Waals surface area contributed by atoms with Crippen molar-refractivity contribution in [3.63, 3.8) is 0 Å². The van der Waals surface area contributed by atoms with Crippen molar-refractivity contribution in [2.75, 3.05) is 0 Å². The number of carboxylic acids is 3. The second kappa shape index (κ2) is 75.2. The molecule has 0 aromatic heterocycles. The van der Waals surface area contributed by atoms with Crippen LogP contribution in [0.25, 0.3) is 0 Å². The molecule has 9 nitrogen and oxygen atoms in total. The Kier molecular flexibility index (Phi) is 88.5. The molecule has 0 spiro atoms. The monoisotopic (exact) mass is 1080 g/mol. The van der Waals surface area contributed by atoms with Crippen LogP contribution < -0.4 is 15.3 Å². The average Bonchev–Trinajstić information content (AvgIpc) is 3.26. The molecular formula is C63H129O9Ti. The number of carboxylic acid groups (broad SMARTS) is 3. The zero-order valence-corrected chi connectivity index (χ0v) is 52.5. The van der Waals surface area contributed by atoms with Gasteiger partial charge >= 0.3 is 21.7 Å². The van der Waals surface area contributed by atoms with E-state index in [-0.39, 0.29) is 59.3 Å². The van der Waals surface area contributed by atoms with Crippen molar-refractivity contribution < 1.29 is 66.7 Å². The Hall–Kier alpha value is -0.996. The fraction of sp³-hybridized carbons (Fsp3) is 0.952. The van der Waals surface area contributed by atoms with Crippen LogP contribution in [0.4, 0.5) is 0 Å². The van der Waals surface area contributed by atoms with E-state index >= 15 is 0 Å². The average molecular weight is 1080 g/mol. The van der Waals surface area contributed by atoms with E-state index < -0.39 is 17.9 Å². The Balaban J connectivity index is -0.000000159. The molecule has 0 aromatic carbocycles. The first-order valence-electron chi connectivity index (χ1n) is 30.7. The van der Waals surface area contributed by atoms with Gasteiger partial charge in [-0.05, 0) is 97.8 Å². The summed E-state index contributed by atoms with van der Waals surface area (Å²) in [6.45, 7) is 24.2. The SMILES string of the molecule is CC(C)CCCCCCCCCCCCCCC(=O)[O-].CC(C)CCCCCCCCCCCCCCC(=O)[O-].CC(C)CCCCCCCCCCCCCCC(=O)[O-].CC(C)O.CC(C)O.CC(C)O.[Ti+3]. The zero-order chi connectivity index (χ0) is 55.9. The Morgan fingerprint density at radius 3 is 0.438 bits per heavy atom. The molecule has 0 fully saturated rings. The topological polar surface area (TPSA) is 181 Å². The van der Waals surface area contributed by atoms with E-state index in [2.05, 4.69) is 41.5 Å². The van der Waals surface area contributed by atoms with Crippen LogP contribution in [-0.2, 0) is 36.1 Å². The van der Waals surface area contributed by atoms with Gasteiger partial charge in [-0.1, -0.05) is 273 Å². The molecule has 3 N–H and O–H groups in total. The molecule has 0 aliphatic carbocycles. The first kappa shape index (κ1) is 85.9. The molecule has 439 valence electrons. The van der Waals surface area contributed by atoms with Gasteiger partial charge in [-0.15, -0.1) is 0 Å². The van der Waals surface area contributed by atoms with Gasteiger partial charge in [0.25, 0.3) is 0 Å². The van der Waals surface area contributed by atoms with Gasteiger partial charge in [-0.2, -0.15) is 0 Å². The van der Waals surface area contributed by atoms with Crippen molar-refractivity contribution >= 4 is 17.9 Å². The van der Waals surface area contributed by atoms with Crippen LogP contribution in [0.2, 0.25) is 0 Å². The summed E-state index contributed by atoms with van der Waals surface area (Å²) in [5.74, 6) is -0.125. The molecule has 0 heterocycles. The summed E-state index contributed by atoms with van der Waals surface area (Å²) < 4.78 is 0. The molecule has 0 bridgehead atoms. The first-order valence-corrected chi connectivity index (χ1v) is 30.7. The Bertz CT molecular complexity index is 871. The van der Waals surface area contributed by atoms with E-state index in [0.29, 0.717) is 0 Å². The normalized spacial score (nSPS) is 10.6. The first-order chi connectivity index (χ1) is 34.1. The van der Waals surface area contributed by atoms with Crippen LogP contribution in [0.1, 0.15) is 353 Å². The molecule has 0 amide bonds. The number of aliphatic carboxylic acids is 3. The van der Waals surface area contributed by atoms with Gasteiger partial charge in [0.2, 0.25) is 0 Å². The van der Waals surface area contributed by atoms with Crippen LogP contribution in [0.3, 0.4) is 0 Å². The third-order valence-corrected chi connectivity index (χ3v) is 11.7. The van der Waals surface area contributed by atoms with Crippen LogP contribution in [0.5, 0.6) is 0 Å². The summed E-state index contributed by atoms with van der Waals surface area (Å²) in [5.41, 5.74) is 0. The van der Waals surface area contributed by atoms with E-state index in [1.807, 2.05) is 0 Å². The number of unbranched alkanes of at least 4 members (excludes halogenated alkanes) is 33. The van der Waals surface area contributed by atoms with E-state index in [1.165, 1.54) is 212 Å². The van der Waals surface area contributed by atoms with Gasteiger partial charge in [0.05, 0.1) is 0 Å². The summed E-state index contributed by atoms with van der Waals surface area (Å²) in [7, 11) is 0. The predicted molar refractivity (Wildman–Crippen MR) is 306 cm³/mol. The number of hydrogen-bond acceptors (Lipinski definition) is 9. The van der Waals surface area contributed by atoms with Crippen molar-refractivity contribution in [1.82, 2.24) is 0 Å². The Morgan fingerprint density at radius 2 is 0.342 bits per heavy atom. The zero-order valence-electron chi connectivity index (χ0n) is 51.0. The van der Waals surface area contributed by atoms with Gasteiger partial charge in [0, 0.05) is 36.2 Å². The second-order valence-corrected chi connectivity index (χ2v) is 22.9. The van der Waals surface area contributed by atoms with Gasteiger partial charge in [0.1, 0.15) is 0 Å². The number of carbonyl (C=O) groups is 3. The largest absolute Gasteiger partial charge is 3.00 e. The summed E-state index contributed by atoms with van der Waals surface area (Å²) >= 11 is 0. The van der Waals surface area contributed by atoms with E-state index in [4.69, 9.17) is 15.3 Å². The maximum atomic E-state index is 10.2. The van der Waals surface area contributed by atoms with Crippen LogP contribution >= 0.6 is 0 Å². The molecule has 0 unspecified atom stereocenters. The molecule has 0 aliphatic rings. The minimum atomic E-state index is -0.904. The minimum absolute atomic E-state index is 0. The Labute approximate surface area is 471 Å². The van der Waals surface area contributed by atoms with Gasteiger partial charge in [0.15, 0.2) is 0 Å². The summed E-state index contributed by atoms with van der Waals surface area (Å²) in [5, 5.41) is 54.8. The molecule has 73 heavy (non-hydrogen) atoms. The minimum Gasteiger partial charge on any atom is -0.550 e. The van der Waals surface area contributed by atoms with Gasteiger partial charge in [-0.3, -0.25) is 0 Å². The summed E-state index contributed by atoms with van der Waals surface area (Å²) in [6.07, 6.45) is 50.5. The summed E-state index contributed by atoms with van der Waals surface area (Å²) in [6, 6.07) is 0. The molecular weight excluding hydrogens is 949 g/mol. The van der Waals surface area contributed by atoms with Crippen molar-refractivity contribution in [1.29, 1.82) is 0 Å². The third kappa shape index (κ3) is 135. The van der Waals surface area contributed by atoms with Crippen molar-refractivity contribution in [2.45, 2.75) is 371 Å². The number of aliphatic hydroxyl groups excluding tert-OH is 3. The fourth-order valence-electron chi connectivity index (χ4n) is 7.77. The van der Waals surface area contributed by atoms with Crippen molar-refractivity contribution in [3.05, 3.63) is 0 Å². The predicted octanol–water partition coefficient (Wildman–Crippen LogP) is 15.7. The molecule has 0 atom stereocenters. The standard InChI is InChI=1S/3C18H36O2.3C3H8O.Ti/c3*1-17(2)15-13-11-9-7-5-3-4-6-8-10-12-14-16-18(19)20;3*1-3(2)4;/h3*17H,3-16H2,1-2H3,(H,19,20);3*3-4H,1-2H3;/q;;;;;;+3/p-3. The number of rotatable bonds is 45. The van der Waals surface area contributed by atoms with E-state index in [0.717, 1.165) is 56.3 Å². The van der Waals surface area contributed by atoms with E-state index in [9.17, 15) is 29.7 Å². The van der Waals surface area contributed by atoms with Crippen LogP contribution in [0.15, 0.2) is 0 Å². The van der Waals surface area contributed by atoms with E-state index in [1.54, 1.807) is 41.5 Å². The quantitative estimate of drug-likeness (QED) is 0.0395. The molecule has 0 rings (SSSR count). The fourth-order valence-corrected chi connectivity index (χ4v) is 7.77. The van der Waals surface area contributed by atoms with Crippen LogP contribution in [0, 0.1) is 17.8 Å². The van der Waals surface area contributed by atoms with Crippen LogP contribution in [-0.4, -0.2) is 51.5 Å². The Morgan fingerprint density at radius 1 is 0.247 bits per heavy atom. The molecule has 0 aromatic rings. The number of aliphatic hydroxyl groups is 3. The van der Waals surface area contributed by atoms with Gasteiger partial charge < -0.3 is 45.0 Å². The maximum Gasteiger partial charge on any atom is 3.00 e. The number of carbonyl (C=O) groups excluding carboxylic acids is 3. The molecule has 10 heteroatoms. The second-order valence-electron chi connectivity index (χ2n) is 22.9. The molecule has 0 saturated carbocycles. The van der Waals surface area contributed by atoms with Crippen molar-refractivity contribution in [3.8, 4) is 0 Å².